The molecular formula is C15H15F3N4O5S. The van der Waals surface area contributed by atoms with Gasteiger partial charge in [-0.25, -0.2) is 9.78 Å². The Labute approximate surface area is 157 Å². The van der Waals surface area contributed by atoms with Crippen LogP contribution in [0.3, 0.4) is 0 Å². The van der Waals surface area contributed by atoms with Crippen LogP contribution in [0, 0.1) is 0 Å². The Bertz CT molecular complexity index is 1010. The highest BCUT2D eigenvalue weighted by Crippen LogP contribution is 2.28. The van der Waals surface area contributed by atoms with Crippen LogP contribution in [0.25, 0.3) is 11.0 Å². The lowest BCUT2D eigenvalue weighted by Crippen LogP contribution is -2.36. The smallest absolute Gasteiger partial charge is 0.465 e. The molecule has 3 rings (SSSR count). The number of alkyl halides is 3. The lowest BCUT2D eigenvalue weighted by molar-refractivity contribution is -0.0501. The Morgan fingerprint density at radius 3 is 2.71 bits per heavy atom. The fraction of sp³-hybridized carbons (Fsp3) is 0.400. The molecule has 0 bridgehead atoms. The van der Waals surface area contributed by atoms with Gasteiger partial charge in [0.1, 0.15) is 0 Å². The Balaban J connectivity index is 1.81. The van der Waals surface area contributed by atoms with Crippen molar-refractivity contribution in [1.82, 2.24) is 14.9 Å². The number of nitrogens with zero attached hydrogens (tertiary/aromatic N) is 4. The third-order valence-electron chi connectivity index (χ3n) is 4.37. The predicted octanol–water partition coefficient (Wildman–Crippen LogP) is 2.05. The van der Waals surface area contributed by atoms with Crippen molar-refractivity contribution < 1.29 is 35.7 Å². The molecule has 1 aliphatic rings. The first-order valence-electron chi connectivity index (χ1n) is 7.96. The Hall–Kier alpha value is -2.83. The average Bonchev–Trinajstić information content (AvgIpc) is 3.09. The molecule has 1 atom stereocenters. The van der Waals surface area contributed by atoms with Gasteiger partial charge in [-0.1, -0.05) is 0 Å². The number of halogens is 3. The number of likely N-dealkylation sites (tertiary alicyclic amines) is 1. The van der Waals surface area contributed by atoms with Crippen molar-refractivity contribution in [2.45, 2.75) is 18.0 Å². The van der Waals surface area contributed by atoms with E-state index in [9.17, 15) is 26.4 Å². The highest BCUT2D eigenvalue weighted by Gasteiger charge is 2.48. The maximum absolute atomic E-state index is 12.4. The zero-order valence-electron chi connectivity index (χ0n) is 14.4. The summed E-state index contributed by atoms with van der Waals surface area (Å²) < 4.78 is 63.3. The minimum atomic E-state index is -5.82. The SMILES string of the molecule is CN(c1cnc2nc(OS(=O)(=O)C(F)(F)F)ccc2c1)[C@@H]1CCN(C(=O)O)C1. The zero-order valence-corrected chi connectivity index (χ0v) is 15.2. The molecular weight excluding hydrogens is 405 g/mol. The first-order valence-corrected chi connectivity index (χ1v) is 9.37. The van der Waals surface area contributed by atoms with E-state index < -0.39 is 27.6 Å². The highest BCUT2D eigenvalue weighted by atomic mass is 32.2. The third kappa shape index (κ3) is 3.88. The number of fused-ring (bicyclic) bond motifs is 1. The molecule has 1 fully saturated rings. The summed E-state index contributed by atoms with van der Waals surface area (Å²) in [7, 11) is -4.04. The van der Waals surface area contributed by atoms with E-state index >= 15 is 0 Å². The number of hydrogen-bond donors (Lipinski definition) is 1. The van der Waals surface area contributed by atoms with Crippen LogP contribution in [0.4, 0.5) is 23.7 Å². The number of likely N-dealkylation sites (N-methyl/N-ethyl adjacent to an activating group) is 1. The monoisotopic (exact) mass is 420 g/mol. The van der Waals surface area contributed by atoms with E-state index in [-0.39, 0.29) is 11.7 Å². The molecule has 0 spiro atoms. The fourth-order valence-corrected chi connectivity index (χ4v) is 3.24. The average molecular weight is 420 g/mol. The van der Waals surface area contributed by atoms with Crippen molar-refractivity contribution in [3.63, 3.8) is 0 Å². The van der Waals surface area contributed by atoms with Gasteiger partial charge < -0.3 is 19.1 Å². The summed E-state index contributed by atoms with van der Waals surface area (Å²) in [6.07, 6.45) is 1.07. The van der Waals surface area contributed by atoms with Gasteiger partial charge in [0.25, 0.3) is 0 Å². The third-order valence-corrected chi connectivity index (χ3v) is 5.33. The van der Waals surface area contributed by atoms with Gasteiger partial charge in [0.2, 0.25) is 5.88 Å². The second-order valence-corrected chi connectivity index (χ2v) is 7.69. The van der Waals surface area contributed by atoms with Gasteiger partial charge in [-0.2, -0.15) is 26.6 Å². The topological polar surface area (TPSA) is 113 Å². The van der Waals surface area contributed by atoms with Crippen LogP contribution >= 0.6 is 0 Å². The van der Waals surface area contributed by atoms with Crippen LogP contribution in [0.2, 0.25) is 0 Å². The summed E-state index contributed by atoms with van der Waals surface area (Å²) in [6.45, 7) is 0.755. The molecule has 152 valence electrons. The molecule has 1 N–H and O–H groups in total. The molecule has 2 aromatic heterocycles. The van der Waals surface area contributed by atoms with E-state index in [2.05, 4.69) is 14.2 Å². The number of carbonyl (C=O) groups is 1. The highest BCUT2D eigenvalue weighted by molar-refractivity contribution is 7.87. The first-order chi connectivity index (χ1) is 13.0. The summed E-state index contributed by atoms with van der Waals surface area (Å²) in [5.74, 6) is -0.744. The Morgan fingerprint density at radius 1 is 1.39 bits per heavy atom. The second-order valence-electron chi connectivity index (χ2n) is 6.15. The Morgan fingerprint density at radius 2 is 2.11 bits per heavy atom. The van der Waals surface area contributed by atoms with Gasteiger partial charge in [-0.05, 0) is 18.6 Å². The van der Waals surface area contributed by atoms with E-state index in [0.29, 0.717) is 30.6 Å². The number of hydrogen-bond acceptors (Lipinski definition) is 7. The van der Waals surface area contributed by atoms with Gasteiger partial charge >= 0.3 is 21.7 Å². The van der Waals surface area contributed by atoms with E-state index in [4.69, 9.17) is 5.11 Å². The number of amides is 1. The molecule has 0 saturated carbocycles. The lowest BCUT2D eigenvalue weighted by atomic mass is 10.2. The van der Waals surface area contributed by atoms with Gasteiger partial charge in [-0.15, -0.1) is 0 Å². The molecule has 1 aliphatic heterocycles. The van der Waals surface area contributed by atoms with Crippen LogP contribution in [0.15, 0.2) is 24.4 Å². The summed E-state index contributed by atoms with van der Waals surface area (Å²) in [6, 6.07) is 3.95. The molecule has 0 aliphatic carbocycles. The van der Waals surface area contributed by atoms with Crippen molar-refractivity contribution in [2.24, 2.45) is 0 Å². The normalized spacial score (nSPS) is 17.7. The first kappa shape index (κ1) is 19.9. The van der Waals surface area contributed by atoms with Gasteiger partial charge in [0.05, 0.1) is 11.9 Å². The minimum Gasteiger partial charge on any atom is -0.465 e. The summed E-state index contributed by atoms with van der Waals surface area (Å²) in [5.41, 5.74) is -4.90. The quantitative estimate of drug-likeness (QED) is 0.591. The summed E-state index contributed by atoms with van der Waals surface area (Å²) >= 11 is 0. The standard InChI is InChI=1S/C15H15F3N4O5S/c1-21(10-4-5-22(8-10)14(23)24)11-6-9-2-3-12(20-13(9)19-7-11)27-28(25,26)15(16,17)18/h2-3,6-7,10H,4-5,8H2,1H3,(H,23,24)/t10-/m1/s1. The molecule has 28 heavy (non-hydrogen) atoms. The van der Waals surface area contributed by atoms with Gasteiger partial charge in [-0.3, -0.25) is 0 Å². The molecule has 9 nitrogen and oxygen atoms in total. The summed E-state index contributed by atoms with van der Waals surface area (Å²) in [4.78, 5) is 21.9. The number of carboxylic acid groups (broad SMARTS) is 1. The minimum absolute atomic E-state index is 0.00519. The van der Waals surface area contributed by atoms with Crippen LogP contribution in [0.5, 0.6) is 5.88 Å². The van der Waals surface area contributed by atoms with E-state index in [0.717, 1.165) is 6.07 Å². The molecule has 0 aromatic carbocycles. The van der Waals surface area contributed by atoms with Gasteiger partial charge in [0.15, 0.2) is 5.65 Å². The van der Waals surface area contributed by atoms with Gasteiger partial charge in [0, 0.05) is 37.6 Å². The second kappa shape index (κ2) is 6.96. The molecule has 0 radical (unpaired) electrons. The van der Waals surface area contributed by atoms with Crippen LogP contribution in [0.1, 0.15) is 6.42 Å². The largest absolute Gasteiger partial charge is 0.534 e. The van der Waals surface area contributed by atoms with Crippen molar-refractivity contribution in [1.29, 1.82) is 0 Å². The van der Waals surface area contributed by atoms with Crippen molar-refractivity contribution >= 4 is 32.9 Å². The molecule has 13 heteroatoms. The molecule has 3 heterocycles. The Kier molecular flexibility index (Phi) is 4.95. The number of pyridine rings is 2. The van der Waals surface area contributed by atoms with Crippen LogP contribution in [-0.2, 0) is 10.1 Å². The number of rotatable bonds is 4. The van der Waals surface area contributed by atoms with Crippen molar-refractivity contribution in [2.75, 3.05) is 25.0 Å². The van der Waals surface area contributed by atoms with Crippen LogP contribution < -0.4 is 9.08 Å². The van der Waals surface area contributed by atoms with Crippen LogP contribution in [-0.4, -0.2) is 66.2 Å². The van der Waals surface area contributed by atoms with Crippen molar-refractivity contribution in [3.8, 4) is 5.88 Å². The molecule has 1 saturated heterocycles. The fourth-order valence-electron chi connectivity index (χ4n) is 2.82. The van der Waals surface area contributed by atoms with E-state index in [1.807, 2.05) is 4.90 Å². The number of aromatic nitrogens is 2. The predicted molar refractivity (Wildman–Crippen MR) is 91.5 cm³/mol. The number of anilines is 1. The molecule has 2 aromatic rings. The van der Waals surface area contributed by atoms with Crippen molar-refractivity contribution in [3.05, 3.63) is 24.4 Å². The maximum Gasteiger partial charge on any atom is 0.534 e. The van der Waals surface area contributed by atoms with E-state index in [1.165, 1.54) is 17.2 Å². The van der Waals surface area contributed by atoms with E-state index in [1.54, 1.807) is 13.1 Å². The molecule has 1 amide bonds. The zero-order chi connectivity index (χ0) is 20.7. The maximum atomic E-state index is 12.4. The summed E-state index contributed by atoms with van der Waals surface area (Å²) in [5, 5.41) is 9.50. The molecule has 0 unspecified atom stereocenters. The lowest BCUT2D eigenvalue weighted by Gasteiger charge is -2.26.